The predicted molar refractivity (Wildman–Crippen MR) is 71.9 cm³/mol. The summed E-state index contributed by atoms with van der Waals surface area (Å²) in [5.74, 6) is 0.0106. The fourth-order valence-corrected chi connectivity index (χ4v) is 1.58. The first kappa shape index (κ1) is 14.6. The van der Waals surface area contributed by atoms with E-state index in [0.717, 1.165) is 6.42 Å². The van der Waals surface area contributed by atoms with Gasteiger partial charge in [0, 0.05) is 11.7 Å². The second-order valence-electron chi connectivity index (χ2n) is 4.61. The average molecular weight is 252 g/mol. The van der Waals surface area contributed by atoms with Gasteiger partial charge < -0.3 is 10.6 Å². The van der Waals surface area contributed by atoms with Crippen molar-refractivity contribution in [3.05, 3.63) is 30.1 Å². The number of rotatable bonds is 6. The molecule has 4 heteroatoms. The van der Waals surface area contributed by atoms with Gasteiger partial charge in [-0.1, -0.05) is 26.3 Å². The minimum Gasteiger partial charge on any atom is -0.325 e. The van der Waals surface area contributed by atoms with Crippen LogP contribution in [0.15, 0.2) is 24.3 Å². The Bertz CT molecular complexity index is 395. The summed E-state index contributed by atoms with van der Waals surface area (Å²) in [7, 11) is 0. The summed E-state index contributed by atoms with van der Waals surface area (Å²) < 4.78 is 12.9. The maximum absolute atomic E-state index is 12.9. The summed E-state index contributed by atoms with van der Waals surface area (Å²) >= 11 is 0. The molecule has 0 radical (unpaired) electrons. The van der Waals surface area contributed by atoms with Crippen LogP contribution in [0, 0.1) is 11.7 Å². The van der Waals surface area contributed by atoms with Crippen LogP contribution in [0.4, 0.5) is 10.1 Å². The SMILES string of the molecule is CCC(C)C(C)NCC(=O)Nc1cccc(F)c1. The highest BCUT2D eigenvalue weighted by atomic mass is 19.1. The van der Waals surface area contributed by atoms with Gasteiger partial charge in [-0.25, -0.2) is 4.39 Å². The molecular formula is C14H21FN2O. The molecule has 0 saturated carbocycles. The van der Waals surface area contributed by atoms with Gasteiger partial charge in [0.05, 0.1) is 6.54 Å². The molecule has 0 bridgehead atoms. The first-order valence-electron chi connectivity index (χ1n) is 6.31. The molecule has 2 unspecified atom stereocenters. The molecule has 0 heterocycles. The Hall–Kier alpha value is -1.42. The molecular weight excluding hydrogens is 231 g/mol. The number of hydrogen-bond acceptors (Lipinski definition) is 2. The fourth-order valence-electron chi connectivity index (χ4n) is 1.58. The number of carbonyl (C=O) groups excluding carboxylic acids is 1. The van der Waals surface area contributed by atoms with Gasteiger partial charge in [-0.15, -0.1) is 0 Å². The van der Waals surface area contributed by atoms with Crippen LogP contribution < -0.4 is 10.6 Å². The highest BCUT2D eigenvalue weighted by molar-refractivity contribution is 5.92. The van der Waals surface area contributed by atoms with Crippen molar-refractivity contribution in [2.24, 2.45) is 5.92 Å². The van der Waals surface area contributed by atoms with Crippen molar-refractivity contribution in [2.45, 2.75) is 33.2 Å². The summed E-state index contributed by atoms with van der Waals surface area (Å²) in [6.45, 7) is 6.56. The molecule has 100 valence electrons. The van der Waals surface area contributed by atoms with Crippen LogP contribution in [-0.2, 0) is 4.79 Å². The van der Waals surface area contributed by atoms with Gasteiger partial charge in [0.1, 0.15) is 5.82 Å². The topological polar surface area (TPSA) is 41.1 Å². The number of benzene rings is 1. The number of anilines is 1. The first-order valence-corrected chi connectivity index (χ1v) is 6.31. The van der Waals surface area contributed by atoms with Gasteiger partial charge in [0.2, 0.25) is 5.91 Å². The smallest absolute Gasteiger partial charge is 0.238 e. The summed E-state index contributed by atoms with van der Waals surface area (Å²) in [5.41, 5.74) is 0.484. The van der Waals surface area contributed by atoms with E-state index in [-0.39, 0.29) is 24.3 Å². The molecule has 1 rings (SSSR count). The third-order valence-electron chi connectivity index (χ3n) is 3.19. The van der Waals surface area contributed by atoms with Crippen LogP contribution in [-0.4, -0.2) is 18.5 Å². The minimum absolute atomic E-state index is 0.157. The van der Waals surface area contributed by atoms with E-state index in [1.54, 1.807) is 12.1 Å². The van der Waals surface area contributed by atoms with Crippen molar-refractivity contribution in [3.8, 4) is 0 Å². The zero-order valence-electron chi connectivity index (χ0n) is 11.2. The van der Waals surface area contributed by atoms with E-state index in [0.29, 0.717) is 11.6 Å². The molecule has 3 nitrogen and oxygen atoms in total. The van der Waals surface area contributed by atoms with Gasteiger partial charge in [-0.2, -0.15) is 0 Å². The van der Waals surface area contributed by atoms with Crippen LogP contribution in [0.1, 0.15) is 27.2 Å². The summed E-state index contributed by atoms with van der Waals surface area (Å²) in [5, 5.41) is 5.82. The average Bonchev–Trinajstić information content (AvgIpc) is 2.35. The molecule has 1 aromatic rings. The van der Waals surface area contributed by atoms with Crippen LogP contribution in [0.5, 0.6) is 0 Å². The van der Waals surface area contributed by atoms with Crippen molar-refractivity contribution in [2.75, 3.05) is 11.9 Å². The Balaban J connectivity index is 2.38. The lowest BCUT2D eigenvalue weighted by atomic mass is 10.0. The lowest BCUT2D eigenvalue weighted by Gasteiger charge is -2.19. The quantitative estimate of drug-likeness (QED) is 0.817. The molecule has 18 heavy (non-hydrogen) atoms. The molecule has 0 aromatic heterocycles. The molecule has 0 aliphatic heterocycles. The molecule has 0 aliphatic rings. The summed E-state index contributed by atoms with van der Waals surface area (Å²) in [6, 6.07) is 6.17. The van der Waals surface area contributed by atoms with Gasteiger partial charge in [0.25, 0.3) is 0 Å². The lowest BCUT2D eigenvalue weighted by Crippen LogP contribution is -2.37. The van der Waals surface area contributed by atoms with E-state index < -0.39 is 0 Å². The van der Waals surface area contributed by atoms with Gasteiger partial charge in [0.15, 0.2) is 0 Å². The maximum atomic E-state index is 12.9. The summed E-state index contributed by atoms with van der Waals surface area (Å²) in [6.07, 6.45) is 1.07. The third kappa shape index (κ3) is 4.84. The van der Waals surface area contributed by atoms with E-state index in [9.17, 15) is 9.18 Å². The van der Waals surface area contributed by atoms with E-state index in [1.165, 1.54) is 12.1 Å². The molecule has 0 fully saturated rings. The van der Waals surface area contributed by atoms with E-state index in [4.69, 9.17) is 0 Å². The van der Waals surface area contributed by atoms with Crippen LogP contribution >= 0.6 is 0 Å². The Morgan fingerprint density at radius 1 is 1.39 bits per heavy atom. The Kier molecular flexibility index (Phi) is 5.78. The largest absolute Gasteiger partial charge is 0.325 e. The third-order valence-corrected chi connectivity index (χ3v) is 3.19. The van der Waals surface area contributed by atoms with Crippen LogP contribution in [0.25, 0.3) is 0 Å². The van der Waals surface area contributed by atoms with Crippen molar-refractivity contribution < 1.29 is 9.18 Å². The van der Waals surface area contributed by atoms with E-state index in [1.807, 2.05) is 0 Å². The highest BCUT2D eigenvalue weighted by Crippen LogP contribution is 2.09. The second kappa shape index (κ2) is 7.11. The zero-order valence-corrected chi connectivity index (χ0v) is 11.2. The first-order chi connectivity index (χ1) is 8.52. The number of hydrogen-bond donors (Lipinski definition) is 2. The normalized spacial score (nSPS) is 14.0. The standard InChI is InChI=1S/C14H21FN2O/c1-4-10(2)11(3)16-9-14(18)17-13-7-5-6-12(15)8-13/h5-8,10-11,16H,4,9H2,1-3H3,(H,17,18). The van der Waals surface area contributed by atoms with Crippen molar-refractivity contribution in [1.29, 1.82) is 0 Å². The number of halogens is 1. The van der Waals surface area contributed by atoms with Gasteiger partial charge in [-0.3, -0.25) is 4.79 Å². The number of carbonyl (C=O) groups is 1. The molecule has 1 aromatic carbocycles. The van der Waals surface area contributed by atoms with E-state index >= 15 is 0 Å². The monoisotopic (exact) mass is 252 g/mol. The Morgan fingerprint density at radius 3 is 2.72 bits per heavy atom. The minimum atomic E-state index is -0.353. The Labute approximate surface area is 108 Å². The van der Waals surface area contributed by atoms with Crippen LogP contribution in [0.2, 0.25) is 0 Å². The maximum Gasteiger partial charge on any atom is 0.238 e. The number of nitrogens with one attached hydrogen (secondary N) is 2. The number of amides is 1. The van der Waals surface area contributed by atoms with Gasteiger partial charge in [-0.05, 0) is 31.0 Å². The lowest BCUT2D eigenvalue weighted by molar-refractivity contribution is -0.115. The van der Waals surface area contributed by atoms with Crippen molar-refractivity contribution in [1.82, 2.24) is 5.32 Å². The molecule has 0 saturated heterocycles. The zero-order chi connectivity index (χ0) is 13.5. The fraction of sp³-hybridized carbons (Fsp3) is 0.500. The Morgan fingerprint density at radius 2 is 2.11 bits per heavy atom. The highest BCUT2D eigenvalue weighted by Gasteiger charge is 2.11. The molecule has 2 atom stereocenters. The van der Waals surface area contributed by atoms with Crippen molar-refractivity contribution >= 4 is 11.6 Å². The van der Waals surface area contributed by atoms with Crippen molar-refractivity contribution in [3.63, 3.8) is 0 Å². The molecule has 0 spiro atoms. The van der Waals surface area contributed by atoms with Crippen LogP contribution in [0.3, 0.4) is 0 Å². The van der Waals surface area contributed by atoms with Gasteiger partial charge >= 0.3 is 0 Å². The predicted octanol–water partition coefficient (Wildman–Crippen LogP) is 2.79. The molecule has 1 amide bonds. The van der Waals surface area contributed by atoms with E-state index in [2.05, 4.69) is 31.4 Å². The molecule has 0 aliphatic carbocycles. The molecule has 2 N–H and O–H groups in total. The summed E-state index contributed by atoms with van der Waals surface area (Å²) in [4.78, 5) is 11.6. The second-order valence-corrected chi connectivity index (χ2v) is 4.61.